The third-order valence-electron chi connectivity index (χ3n) is 2.07. The molecule has 0 bridgehead atoms. The number of aliphatic hydroxyl groups is 1. The lowest BCUT2D eigenvalue weighted by Crippen LogP contribution is -1.91. The molecular weight excluding hydrogens is 162 g/mol. The van der Waals surface area contributed by atoms with Crippen LogP contribution in [0.3, 0.4) is 0 Å². The molecule has 0 fully saturated rings. The third kappa shape index (κ3) is 2.31. The average Bonchev–Trinajstić information content (AvgIpc) is 2.15. The maximum atomic E-state index is 9.51. The van der Waals surface area contributed by atoms with Gasteiger partial charge in [-0.3, -0.25) is 4.98 Å². The van der Waals surface area contributed by atoms with Crippen LogP contribution < -0.4 is 0 Å². The highest BCUT2D eigenvalue weighted by Gasteiger charge is 2.02. The minimum Gasteiger partial charge on any atom is -0.512 e. The summed E-state index contributed by atoms with van der Waals surface area (Å²) >= 11 is 0. The van der Waals surface area contributed by atoms with Gasteiger partial charge in [0.15, 0.2) is 0 Å². The number of aromatic nitrogens is 1. The van der Waals surface area contributed by atoms with Crippen molar-refractivity contribution >= 4 is 5.57 Å². The summed E-state index contributed by atoms with van der Waals surface area (Å²) < 4.78 is 0. The van der Waals surface area contributed by atoms with Crippen LogP contribution in [0.25, 0.3) is 5.57 Å². The van der Waals surface area contributed by atoms with Crippen molar-refractivity contribution in [1.29, 1.82) is 0 Å². The zero-order valence-corrected chi connectivity index (χ0v) is 8.33. The molecule has 0 radical (unpaired) electrons. The third-order valence-corrected chi connectivity index (χ3v) is 2.07. The maximum Gasteiger partial charge on any atom is 0.0970 e. The number of rotatable bonds is 2. The smallest absolute Gasteiger partial charge is 0.0970 e. The Kier molecular flexibility index (Phi) is 3.07. The van der Waals surface area contributed by atoms with Crippen molar-refractivity contribution in [2.45, 2.75) is 27.2 Å². The van der Waals surface area contributed by atoms with Crippen molar-refractivity contribution in [2.24, 2.45) is 0 Å². The summed E-state index contributed by atoms with van der Waals surface area (Å²) in [5.74, 6) is 0.415. The highest BCUT2D eigenvalue weighted by atomic mass is 16.3. The first-order chi connectivity index (χ1) is 6.15. The van der Waals surface area contributed by atoms with E-state index in [1.165, 1.54) is 0 Å². The van der Waals surface area contributed by atoms with Gasteiger partial charge in [-0.1, -0.05) is 6.92 Å². The molecule has 2 heteroatoms. The van der Waals surface area contributed by atoms with E-state index >= 15 is 0 Å². The van der Waals surface area contributed by atoms with Crippen LogP contribution in [0.1, 0.15) is 31.5 Å². The van der Waals surface area contributed by atoms with Crippen molar-refractivity contribution in [3.05, 3.63) is 35.3 Å². The van der Waals surface area contributed by atoms with Crippen molar-refractivity contribution in [3.8, 4) is 0 Å². The summed E-state index contributed by atoms with van der Waals surface area (Å²) in [6.45, 7) is 5.83. The van der Waals surface area contributed by atoms with E-state index in [1.54, 1.807) is 6.20 Å². The topological polar surface area (TPSA) is 33.1 Å². The van der Waals surface area contributed by atoms with Crippen LogP contribution in [-0.4, -0.2) is 10.1 Å². The molecule has 0 unspecified atom stereocenters. The molecule has 0 amide bonds. The first-order valence-corrected chi connectivity index (χ1v) is 4.47. The van der Waals surface area contributed by atoms with Crippen LogP contribution in [-0.2, 0) is 0 Å². The number of allylic oxidation sites excluding steroid dienone is 2. The van der Waals surface area contributed by atoms with Gasteiger partial charge in [0.1, 0.15) is 0 Å². The van der Waals surface area contributed by atoms with Gasteiger partial charge in [0, 0.05) is 18.2 Å². The van der Waals surface area contributed by atoms with Gasteiger partial charge >= 0.3 is 0 Å². The zero-order valence-electron chi connectivity index (χ0n) is 8.33. The van der Waals surface area contributed by atoms with E-state index in [0.717, 1.165) is 16.8 Å². The molecule has 0 saturated heterocycles. The predicted octanol–water partition coefficient (Wildman–Crippen LogP) is 3.09. The number of hydrogen-bond acceptors (Lipinski definition) is 2. The summed E-state index contributed by atoms with van der Waals surface area (Å²) in [6, 6.07) is 3.92. The van der Waals surface area contributed by atoms with Gasteiger partial charge < -0.3 is 5.11 Å². The molecule has 1 rings (SSSR count). The summed E-state index contributed by atoms with van der Waals surface area (Å²) in [5.41, 5.74) is 2.89. The Morgan fingerprint density at radius 1 is 1.54 bits per heavy atom. The molecule has 0 saturated carbocycles. The fraction of sp³-hybridized carbons (Fsp3) is 0.364. The molecule has 1 aromatic rings. The average molecular weight is 177 g/mol. The Balaban J connectivity index is 3.08. The van der Waals surface area contributed by atoms with E-state index < -0.39 is 0 Å². The highest BCUT2D eigenvalue weighted by Crippen LogP contribution is 2.16. The van der Waals surface area contributed by atoms with Crippen molar-refractivity contribution in [1.82, 2.24) is 4.98 Å². The van der Waals surface area contributed by atoms with E-state index in [9.17, 15) is 5.11 Å². The van der Waals surface area contributed by atoms with E-state index in [4.69, 9.17) is 0 Å². The Morgan fingerprint density at radius 2 is 2.23 bits per heavy atom. The van der Waals surface area contributed by atoms with E-state index in [0.29, 0.717) is 12.2 Å². The van der Waals surface area contributed by atoms with Crippen LogP contribution in [0.5, 0.6) is 0 Å². The van der Waals surface area contributed by atoms with Gasteiger partial charge in [-0.05, 0) is 31.5 Å². The van der Waals surface area contributed by atoms with Crippen LogP contribution in [0.15, 0.2) is 24.1 Å². The van der Waals surface area contributed by atoms with Crippen molar-refractivity contribution in [3.63, 3.8) is 0 Å². The first-order valence-electron chi connectivity index (χ1n) is 4.47. The zero-order chi connectivity index (χ0) is 9.84. The number of aliphatic hydroxyl groups excluding tert-OH is 1. The largest absolute Gasteiger partial charge is 0.512 e. The Labute approximate surface area is 78.9 Å². The normalized spacial score (nSPS) is 12.5. The predicted molar refractivity (Wildman–Crippen MR) is 54.5 cm³/mol. The molecule has 13 heavy (non-hydrogen) atoms. The molecule has 1 aromatic heterocycles. The van der Waals surface area contributed by atoms with Crippen LogP contribution >= 0.6 is 0 Å². The SMILES string of the molecule is CC/C(O)=C(\C)c1cc(C)ccn1. The fourth-order valence-electron chi connectivity index (χ4n) is 1.15. The highest BCUT2D eigenvalue weighted by molar-refractivity contribution is 5.62. The Bertz CT molecular complexity index is 329. The van der Waals surface area contributed by atoms with E-state index in [2.05, 4.69) is 4.98 Å². The van der Waals surface area contributed by atoms with Gasteiger partial charge in [-0.25, -0.2) is 0 Å². The molecule has 0 atom stereocenters. The Hall–Kier alpha value is -1.31. The van der Waals surface area contributed by atoms with Crippen molar-refractivity contribution in [2.75, 3.05) is 0 Å². The monoisotopic (exact) mass is 177 g/mol. The molecule has 0 aromatic carbocycles. The molecular formula is C11H15NO. The fourth-order valence-corrected chi connectivity index (χ4v) is 1.15. The lowest BCUT2D eigenvalue weighted by Gasteiger charge is -2.04. The van der Waals surface area contributed by atoms with E-state index in [1.807, 2.05) is 32.9 Å². The summed E-state index contributed by atoms with van der Waals surface area (Å²) in [4.78, 5) is 4.19. The van der Waals surface area contributed by atoms with Crippen LogP contribution in [0.4, 0.5) is 0 Å². The molecule has 2 nitrogen and oxygen atoms in total. The van der Waals surface area contributed by atoms with Gasteiger partial charge in [-0.2, -0.15) is 0 Å². The first kappa shape index (κ1) is 9.78. The second-order valence-corrected chi connectivity index (χ2v) is 3.14. The molecule has 0 spiro atoms. The lowest BCUT2D eigenvalue weighted by atomic mass is 10.1. The molecule has 1 heterocycles. The second-order valence-electron chi connectivity index (χ2n) is 3.14. The number of hydrogen-bond donors (Lipinski definition) is 1. The van der Waals surface area contributed by atoms with Gasteiger partial charge in [0.25, 0.3) is 0 Å². The summed E-state index contributed by atoms with van der Waals surface area (Å²) in [6.07, 6.45) is 2.42. The van der Waals surface area contributed by atoms with Gasteiger partial charge in [0.2, 0.25) is 0 Å². The quantitative estimate of drug-likeness (QED) is 0.704. The molecule has 0 aliphatic heterocycles. The van der Waals surface area contributed by atoms with Gasteiger partial charge in [-0.15, -0.1) is 0 Å². The Morgan fingerprint density at radius 3 is 2.77 bits per heavy atom. The summed E-state index contributed by atoms with van der Waals surface area (Å²) in [5, 5.41) is 9.51. The number of aryl methyl sites for hydroxylation is 1. The lowest BCUT2D eigenvalue weighted by molar-refractivity contribution is 0.397. The van der Waals surface area contributed by atoms with Crippen molar-refractivity contribution < 1.29 is 5.11 Å². The standard InChI is InChI=1S/C11H15NO/c1-4-11(13)9(3)10-7-8(2)5-6-12-10/h5-7,13H,4H2,1-3H3/b11-9-. The number of pyridine rings is 1. The summed E-state index contributed by atoms with van der Waals surface area (Å²) in [7, 11) is 0. The minimum atomic E-state index is 0.415. The van der Waals surface area contributed by atoms with Gasteiger partial charge in [0.05, 0.1) is 11.5 Å². The van der Waals surface area contributed by atoms with Crippen LogP contribution in [0, 0.1) is 6.92 Å². The maximum absolute atomic E-state index is 9.51. The minimum absolute atomic E-state index is 0.415. The molecule has 0 aliphatic rings. The molecule has 0 aliphatic carbocycles. The second kappa shape index (κ2) is 4.08. The van der Waals surface area contributed by atoms with Crippen LogP contribution in [0.2, 0.25) is 0 Å². The van der Waals surface area contributed by atoms with E-state index in [-0.39, 0.29) is 0 Å². The molecule has 70 valence electrons. The number of nitrogens with zero attached hydrogens (tertiary/aromatic N) is 1. The molecule has 1 N–H and O–H groups in total.